The van der Waals surface area contributed by atoms with Gasteiger partial charge in [-0.05, 0) is 18.2 Å². The summed E-state index contributed by atoms with van der Waals surface area (Å²) < 4.78 is 85.5. The normalized spacial score (nSPS) is 22.7. The molecule has 1 saturated carbocycles. The molecule has 1 aromatic carbocycles. The molecule has 3 atom stereocenters. The van der Waals surface area contributed by atoms with Crippen molar-refractivity contribution >= 4 is 35.1 Å². The summed E-state index contributed by atoms with van der Waals surface area (Å²) in [6.45, 7) is 0.537. The van der Waals surface area contributed by atoms with Gasteiger partial charge in [0.2, 0.25) is 0 Å². The maximum atomic E-state index is 15.4. The number of likely N-dealkylation sites (tertiary alicyclic amines) is 1. The van der Waals surface area contributed by atoms with Crippen molar-refractivity contribution in [3.63, 3.8) is 0 Å². The largest absolute Gasteiger partial charge is 0.435 e. The monoisotopic (exact) mass is 731 g/mol. The highest BCUT2D eigenvalue weighted by molar-refractivity contribution is 6.34. The number of urea groups is 1. The van der Waals surface area contributed by atoms with Gasteiger partial charge in [-0.3, -0.25) is 14.3 Å². The Morgan fingerprint density at radius 2 is 1.84 bits per heavy atom. The number of hydrogen-bond donors (Lipinski definition) is 5. The Hall–Kier alpha value is -4.36. The number of nitrogens with one attached hydrogen (secondary N) is 4. The molecule has 1 unspecified atom stereocenters. The zero-order valence-corrected chi connectivity index (χ0v) is 27.1. The third-order valence-electron chi connectivity index (χ3n) is 9.05. The molecule has 3 fully saturated rings. The molecule has 0 radical (unpaired) electrons. The number of anilines is 1. The van der Waals surface area contributed by atoms with E-state index in [0.717, 1.165) is 17.0 Å². The lowest BCUT2D eigenvalue weighted by molar-refractivity contribution is -0.141. The van der Waals surface area contributed by atoms with Crippen molar-refractivity contribution in [3.8, 4) is 11.3 Å². The molecule has 2 aromatic heterocycles. The van der Waals surface area contributed by atoms with Crippen LogP contribution < -0.4 is 21.3 Å². The van der Waals surface area contributed by atoms with E-state index >= 15 is 4.39 Å². The molecular formula is C30H32ClF6N9O4. The van der Waals surface area contributed by atoms with Crippen LogP contribution in [0, 0.1) is 0 Å². The highest BCUT2D eigenvalue weighted by Gasteiger charge is 2.59. The van der Waals surface area contributed by atoms with Crippen LogP contribution in [0.2, 0.25) is 5.02 Å². The van der Waals surface area contributed by atoms with E-state index in [1.54, 1.807) is 0 Å². The Labute approximate surface area is 285 Å². The van der Waals surface area contributed by atoms with E-state index in [1.807, 2.05) is 0 Å². The van der Waals surface area contributed by atoms with E-state index in [2.05, 4.69) is 31.3 Å². The van der Waals surface area contributed by atoms with Crippen LogP contribution in [0.25, 0.3) is 11.3 Å². The first-order valence-corrected chi connectivity index (χ1v) is 15.9. The second-order valence-corrected chi connectivity index (χ2v) is 13.0. The van der Waals surface area contributed by atoms with Gasteiger partial charge < -0.3 is 35.8 Å². The Balaban J connectivity index is 1.06. The minimum absolute atomic E-state index is 0.0357. The van der Waals surface area contributed by atoms with Gasteiger partial charge in [0, 0.05) is 64.4 Å². The lowest BCUT2D eigenvalue weighted by Crippen LogP contribution is -2.53. The number of imidazole rings is 1. The second kappa shape index (κ2) is 13.1. The predicted molar refractivity (Wildman–Crippen MR) is 166 cm³/mol. The van der Waals surface area contributed by atoms with Gasteiger partial charge in [-0.2, -0.15) is 18.3 Å². The summed E-state index contributed by atoms with van der Waals surface area (Å²) in [6.07, 6.45) is -4.60. The summed E-state index contributed by atoms with van der Waals surface area (Å²) >= 11 is 6.38. The smallest absolute Gasteiger partial charge is 0.390 e. The number of amides is 4. The van der Waals surface area contributed by atoms with Crippen LogP contribution in [0.5, 0.6) is 0 Å². The molecule has 1 aliphatic carbocycles. The van der Waals surface area contributed by atoms with Crippen LogP contribution in [-0.4, -0.2) is 104 Å². The molecule has 2 saturated heterocycles. The van der Waals surface area contributed by atoms with Gasteiger partial charge >= 0.3 is 12.2 Å². The molecule has 5 N–H and O–H groups in total. The summed E-state index contributed by atoms with van der Waals surface area (Å²) in [4.78, 5) is 43.8. The lowest BCUT2D eigenvalue weighted by atomic mass is 9.93. The topological polar surface area (TPSA) is 158 Å². The highest BCUT2D eigenvalue weighted by Crippen LogP contribution is 2.53. The number of alkyl halides is 6. The summed E-state index contributed by atoms with van der Waals surface area (Å²) in [7, 11) is 1.28. The van der Waals surface area contributed by atoms with Gasteiger partial charge in [0.05, 0.1) is 46.7 Å². The molecule has 6 rings (SSSR count). The fourth-order valence-electron chi connectivity index (χ4n) is 5.99. The van der Waals surface area contributed by atoms with Crippen molar-refractivity contribution in [2.24, 2.45) is 7.05 Å². The first-order chi connectivity index (χ1) is 23.5. The Bertz CT molecular complexity index is 1810. The molecule has 3 aromatic rings. The summed E-state index contributed by atoms with van der Waals surface area (Å²) in [5.74, 6) is -4.80. The van der Waals surface area contributed by atoms with Gasteiger partial charge in [-0.25, -0.2) is 22.9 Å². The number of β-amino-alcohol motifs (C(OH)–C–C–N with tert-alkyl or cyclic N) is 1. The molecule has 0 bridgehead atoms. The van der Waals surface area contributed by atoms with Gasteiger partial charge in [0.1, 0.15) is 11.7 Å². The zero-order valence-electron chi connectivity index (χ0n) is 26.3. The summed E-state index contributed by atoms with van der Waals surface area (Å²) in [5.41, 5.74) is -3.66. The van der Waals surface area contributed by atoms with E-state index < -0.39 is 71.5 Å². The first-order valence-electron chi connectivity index (χ1n) is 15.5. The van der Waals surface area contributed by atoms with Gasteiger partial charge in [-0.15, -0.1) is 0 Å². The van der Waals surface area contributed by atoms with Crippen molar-refractivity contribution in [2.45, 2.75) is 55.2 Å². The Kier molecular flexibility index (Phi) is 9.27. The van der Waals surface area contributed by atoms with Crippen LogP contribution in [0.1, 0.15) is 52.0 Å². The average molecular weight is 732 g/mol. The van der Waals surface area contributed by atoms with Crippen LogP contribution in [0.3, 0.4) is 0 Å². The van der Waals surface area contributed by atoms with Crippen LogP contribution in [-0.2, 0) is 13.2 Å². The zero-order chi connectivity index (χ0) is 36.2. The van der Waals surface area contributed by atoms with Gasteiger partial charge in [0.15, 0.2) is 11.5 Å². The Morgan fingerprint density at radius 1 is 1.14 bits per heavy atom. The van der Waals surface area contributed by atoms with E-state index in [0.29, 0.717) is 17.8 Å². The fourth-order valence-corrected chi connectivity index (χ4v) is 6.25. The van der Waals surface area contributed by atoms with Crippen LogP contribution >= 0.6 is 11.6 Å². The SMILES string of the molecule is Cn1c(-c2cn(C3CC3(F)F)nc2C(F)(F)F)cnc1C(=O)Nc1ccc(C(=O)N2CCC(F)(CNC(=O)N[C@@H]3CNC[C@H]3O)CC2)c(Cl)c1. The van der Waals surface area contributed by atoms with Gasteiger partial charge in [-0.1, -0.05) is 11.6 Å². The maximum absolute atomic E-state index is 15.4. The number of carbonyl (C=O) groups is 3. The molecule has 3 aliphatic rings. The number of piperidine rings is 1. The number of rotatable bonds is 8. The number of aromatic nitrogens is 4. The van der Waals surface area contributed by atoms with E-state index in [-0.39, 0.29) is 60.3 Å². The number of carbonyl (C=O) groups excluding carboxylic acids is 3. The maximum Gasteiger partial charge on any atom is 0.435 e. The molecule has 4 amide bonds. The third-order valence-corrected chi connectivity index (χ3v) is 9.36. The van der Waals surface area contributed by atoms with Crippen molar-refractivity contribution in [2.75, 3.05) is 38.0 Å². The van der Waals surface area contributed by atoms with Crippen molar-refractivity contribution < 1.29 is 45.8 Å². The van der Waals surface area contributed by atoms with E-state index in [1.165, 1.54) is 30.1 Å². The second-order valence-electron chi connectivity index (χ2n) is 12.6. The minimum Gasteiger partial charge on any atom is -0.390 e. The summed E-state index contributed by atoms with van der Waals surface area (Å²) in [5, 5.41) is 23.7. The molecule has 2 aliphatic heterocycles. The first kappa shape index (κ1) is 35.5. The van der Waals surface area contributed by atoms with Crippen LogP contribution in [0.4, 0.5) is 36.8 Å². The van der Waals surface area contributed by atoms with E-state index in [4.69, 9.17) is 11.6 Å². The van der Waals surface area contributed by atoms with Crippen molar-refractivity contribution in [1.82, 2.24) is 40.2 Å². The molecule has 20 heteroatoms. The molecular weight excluding hydrogens is 700 g/mol. The quantitative estimate of drug-likeness (QED) is 0.223. The predicted octanol–water partition coefficient (Wildman–Crippen LogP) is 3.36. The molecule has 0 spiro atoms. The molecule has 50 heavy (non-hydrogen) atoms. The highest BCUT2D eigenvalue weighted by atomic mass is 35.5. The summed E-state index contributed by atoms with van der Waals surface area (Å²) in [6, 6.07) is 1.44. The number of nitrogens with zero attached hydrogens (tertiary/aromatic N) is 5. The van der Waals surface area contributed by atoms with Crippen LogP contribution in [0.15, 0.2) is 30.6 Å². The number of aliphatic hydroxyl groups is 1. The number of halogens is 7. The minimum atomic E-state index is -4.97. The van der Waals surface area contributed by atoms with Gasteiger partial charge in [0.25, 0.3) is 17.7 Å². The standard InChI is InChI=1S/C30H32ClF6N9O4/c1-44-20(17-13-46(22-9-29(22,33)34)43-23(17)30(35,36)37)11-39-24(44)25(48)41-15-2-3-16(18(31)8-15)26(49)45-6-4-28(32,5-7-45)14-40-27(50)42-19-10-38-12-21(19)47/h2-3,8,11,13,19,21-22,38,47H,4-7,9-10,12,14H2,1H3,(H,41,48)(H2,40,42,50)/t19-,21-,22?/m1/s1. The number of benzene rings is 1. The number of hydrogen-bond acceptors (Lipinski definition) is 7. The Morgan fingerprint density at radius 3 is 2.44 bits per heavy atom. The van der Waals surface area contributed by atoms with E-state index in [9.17, 15) is 41.4 Å². The number of aliphatic hydroxyl groups excluding tert-OH is 1. The van der Waals surface area contributed by atoms with Crippen molar-refractivity contribution in [1.29, 1.82) is 0 Å². The fraction of sp³-hybridized carbons (Fsp3) is 0.500. The van der Waals surface area contributed by atoms with Crippen molar-refractivity contribution in [3.05, 3.63) is 52.7 Å². The third kappa shape index (κ3) is 7.25. The lowest BCUT2D eigenvalue weighted by Gasteiger charge is -2.36. The average Bonchev–Trinajstić information content (AvgIpc) is 3.43. The molecule has 270 valence electrons. The molecule has 4 heterocycles. The molecule has 13 nitrogen and oxygen atoms in total.